The van der Waals surface area contributed by atoms with E-state index in [1.165, 1.54) is 7.11 Å². The normalized spacial score (nSPS) is 11.7. The van der Waals surface area contributed by atoms with Crippen LogP contribution in [-0.4, -0.2) is 25.0 Å². The number of hydrogen-bond donors (Lipinski definition) is 2. The van der Waals surface area contributed by atoms with Crippen LogP contribution in [0.4, 0.5) is 5.69 Å². The fourth-order valence-corrected chi connectivity index (χ4v) is 1.60. The molecule has 1 rings (SSSR count). The van der Waals surface area contributed by atoms with E-state index in [4.69, 9.17) is 5.73 Å². The second-order valence-electron chi connectivity index (χ2n) is 3.96. The van der Waals surface area contributed by atoms with Crippen molar-refractivity contribution in [3.63, 3.8) is 0 Å². The first kappa shape index (κ1) is 14.0. The molecule has 0 aromatic heterocycles. The Morgan fingerprint density at radius 2 is 2.17 bits per heavy atom. The Morgan fingerprint density at radius 3 is 2.72 bits per heavy atom. The van der Waals surface area contributed by atoms with E-state index in [-0.39, 0.29) is 5.91 Å². The second-order valence-corrected chi connectivity index (χ2v) is 3.96. The highest BCUT2D eigenvalue weighted by atomic mass is 16.5. The van der Waals surface area contributed by atoms with Crippen LogP contribution in [0.15, 0.2) is 24.3 Å². The van der Waals surface area contributed by atoms with Crippen LogP contribution in [0.5, 0.6) is 0 Å². The van der Waals surface area contributed by atoms with Gasteiger partial charge in [0.05, 0.1) is 7.11 Å². The van der Waals surface area contributed by atoms with Gasteiger partial charge in [-0.1, -0.05) is 19.4 Å². The molecule has 1 aromatic rings. The predicted molar refractivity (Wildman–Crippen MR) is 69.0 cm³/mol. The smallest absolute Gasteiger partial charge is 0.328 e. The highest BCUT2D eigenvalue weighted by Gasteiger charge is 2.20. The largest absolute Gasteiger partial charge is 0.467 e. The van der Waals surface area contributed by atoms with Crippen molar-refractivity contribution in [3.05, 3.63) is 29.8 Å². The Bertz CT molecular complexity index is 432. The molecule has 1 amide bonds. The summed E-state index contributed by atoms with van der Waals surface area (Å²) < 4.78 is 4.65. The van der Waals surface area contributed by atoms with Gasteiger partial charge in [0.2, 0.25) is 0 Å². The number of methoxy groups -OCH3 is 1. The zero-order valence-corrected chi connectivity index (χ0v) is 10.6. The molecule has 0 heterocycles. The maximum Gasteiger partial charge on any atom is 0.328 e. The molecule has 0 bridgehead atoms. The standard InChI is InChI=1S/C13H18N2O3/c1-3-5-11(13(17)18-2)15-12(16)9-6-4-7-10(14)8-9/h4,6-8,11H,3,5,14H2,1-2H3,(H,15,16)/t11-/m0/s1. The van der Waals surface area contributed by atoms with Crippen molar-refractivity contribution >= 4 is 17.6 Å². The SMILES string of the molecule is CCC[C@H](NC(=O)c1cccc(N)c1)C(=O)OC. The van der Waals surface area contributed by atoms with Crippen molar-refractivity contribution in [1.29, 1.82) is 0 Å². The van der Waals surface area contributed by atoms with E-state index < -0.39 is 12.0 Å². The Labute approximate surface area is 106 Å². The molecular formula is C13H18N2O3. The monoisotopic (exact) mass is 250 g/mol. The molecule has 0 unspecified atom stereocenters. The summed E-state index contributed by atoms with van der Waals surface area (Å²) in [6.45, 7) is 1.93. The van der Waals surface area contributed by atoms with Gasteiger partial charge >= 0.3 is 5.97 Å². The number of benzene rings is 1. The number of nitrogens with one attached hydrogen (secondary N) is 1. The summed E-state index contributed by atoms with van der Waals surface area (Å²) in [5.41, 5.74) is 6.54. The molecule has 18 heavy (non-hydrogen) atoms. The Balaban J connectivity index is 2.75. The fourth-order valence-electron chi connectivity index (χ4n) is 1.60. The van der Waals surface area contributed by atoms with E-state index in [0.29, 0.717) is 17.7 Å². The lowest BCUT2D eigenvalue weighted by atomic mass is 10.1. The van der Waals surface area contributed by atoms with Crippen LogP contribution in [0.2, 0.25) is 0 Å². The van der Waals surface area contributed by atoms with E-state index in [9.17, 15) is 9.59 Å². The van der Waals surface area contributed by atoms with Crippen molar-refractivity contribution in [2.45, 2.75) is 25.8 Å². The van der Waals surface area contributed by atoms with Gasteiger partial charge in [-0.3, -0.25) is 4.79 Å². The minimum absolute atomic E-state index is 0.328. The average Bonchev–Trinajstić information content (AvgIpc) is 2.37. The summed E-state index contributed by atoms with van der Waals surface area (Å²) in [6, 6.07) is 5.98. The van der Waals surface area contributed by atoms with Crippen molar-refractivity contribution in [1.82, 2.24) is 5.32 Å². The zero-order valence-electron chi connectivity index (χ0n) is 10.6. The molecule has 0 aliphatic carbocycles. The molecule has 0 radical (unpaired) electrons. The topological polar surface area (TPSA) is 81.4 Å². The molecule has 0 aliphatic heterocycles. The van der Waals surface area contributed by atoms with Crippen LogP contribution in [0, 0.1) is 0 Å². The third-order valence-corrected chi connectivity index (χ3v) is 2.52. The highest BCUT2D eigenvalue weighted by molar-refractivity contribution is 5.97. The van der Waals surface area contributed by atoms with Crippen LogP contribution in [-0.2, 0) is 9.53 Å². The number of carbonyl (C=O) groups excluding carboxylic acids is 2. The molecule has 3 N–H and O–H groups in total. The summed E-state index contributed by atoms with van der Waals surface area (Å²) in [5.74, 6) is -0.764. The number of ether oxygens (including phenoxy) is 1. The van der Waals surface area contributed by atoms with Gasteiger partial charge in [0.25, 0.3) is 5.91 Å². The van der Waals surface area contributed by atoms with Crippen molar-refractivity contribution < 1.29 is 14.3 Å². The van der Waals surface area contributed by atoms with Crippen LogP contribution in [0.1, 0.15) is 30.1 Å². The third kappa shape index (κ3) is 3.76. The molecule has 0 aliphatic rings. The maximum atomic E-state index is 11.9. The lowest BCUT2D eigenvalue weighted by molar-refractivity contribution is -0.143. The van der Waals surface area contributed by atoms with Gasteiger partial charge in [-0.25, -0.2) is 4.79 Å². The third-order valence-electron chi connectivity index (χ3n) is 2.52. The Hall–Kier alpha value is -2.04. The lowest BCUT2D eigenvalue weighted by Gasteiger charge is -2.15. The molecule has 1 atom stereocenters. The number of hydrogen-bond acceptors (Lipinski definition) is 4. The van der Waals surface area contributed by atoms with Gasteiger partial charge < -0.3 is 15.8 Å². The van der Waals surface area contributed by atoms with Crippen molar-refractivity contribution in [2.24, 2.45) is 0 Å². The van der Waals surface area contributed by atoms with Crippen LogP contribution >= 0.6 is 0 Å². The number of carbonyl (C=O) groups is 2. The van der Waals surface area contributed by atoms with Crippen molar-refractivity contribution in [3.8, 4) is 0 Å². The van der Waals surface area contributed by atoms with E-state index in [2.05, 4.69) is 10.1 Å². The molecule has 1 aromatic carbocycles. The highest BCUT2D eigenvalue weighted by Crippen LogP contribution is 2.08. The zero-order chi connectivity index (χ0) is 13.5. The molecule has 0 saturated carbocycles. The van der Waals surface area contributed by atoms with Crippen LogP contribution in [0.25, 0.3) is 0 Å². The molecule has 5 heteroatoms. The summed E-state index contributed by atoms with van der Waals surface area (Å²) in [4.78, 5) is 23.4. The van der Waals surface area contributed by atoms with Gasteiger partial charge in [0, 0.05) is 11.3 Å². The van der Waals surface area contributed by atoms with E-state index >= 15 is 0 Å². The summed E-state index contributed by atoms with van der Waals surface area (Å²) in [6.07, 6.45) is 1.32. The Kier molecular flexibility index (Phi) is 5.17. The molecule has 0 fully saturated rings. The maximum absolute atomic E-state index is 11.9. The first-order valence-electron chi connectivity index (χ1n) is 5.82. The lowest BCUT2D eigenvalue weighted by Crippen LogP contribution is -2.41. The number of amides is 1. The van der Waals surface area contributed by atoms with Crippen LogP contribution < -0.4 is 11.1 Å². The number of nitrogen functional groups attached to an aromatic ring is 1. The fraction of sp³-hybridized carbons (Fsp3) is 0.385. The predicted octanol–water partition coefficient (Wildman–Crippen LogP) is 1.34. The first-order valence-corrected chi connectivity index (χ1v) is 5.82. The first-order chi connectivity index (χ1) is 8.58. The quantitative estimate of drug-likeness (QED) is 0.610. The van der Waals surface area contributed by atoms with E-state index in [1.807, 2.05) is 6.92 Å². The molecule has 0 saturated heterocycles. The average molecular weight is 250 g/mol. The number of rotatable bonds is 5. The molecular weight excluding hydrogens is 232 g/mol. The van der Waals surface area contributed by atoms with Crippen molar-refractivity contribution in [2.75, 3.05) is 12.8 Å². The molecule has 5 nitrogen and oxygen atoms in total. The minimum atomic E-state index is -0.617. The number of anilines is 1. The number of nitrogens with two attached hydrogens (primary N) is 1. The van der Waals surface area contributed by atoms with Crippen LogP contribution in [0.3, 0.4) is 0 Å². The minimum Gasteiger partial charge on any atom is -0.467 e. The van der Waals surface area contributed by atoms with Gasteiger partial charge in [-0.2, -0.15) is 0 Å². The van der Waals surface area contributed by atoms with Gasteiger partial charge in [-0.15, -0.1) is 0 Å². The number of esters is 1. The van der Waals surface area contributed by atoms with Gasteiger partial charge in [-0.05, 0) is 24.6 Å². The second kappa shape index (κ2) is 6.64. The summed E-state index contributed by atoms with van der Waals surface area (Å²) in [7, 11) is 1.30. The molecule has 98 valence electrons. The summed E-state index contributed by atoms with van der Waals surface area (Å²) >= 11 is 0. The van der Waals surface area contributed by atoms with E-state index in [1.54, 1.807) is 24.3 Å². The van der Waals surface area contributed by atoms with E-state index in [0.717, 1.165) is 6.42 Å². The van der Waals surface area contributed by atoms with Gasteiger partial charge in [0.1, 0.15) is 6.04 Å². The summed E-state index contributed by atoms with van der Waals surface area (Å²) in [5, 5.41) is 2.64. The molecule has 0 spiro atoms. The Morgan fingerprint density at radius 1 is 1.44 bits per heavy atom. The van der Waals surface area contributed by atoms with Gasteiger partial charge in [0.15, 0.2) is 0 Å².